The minimum atomic E-state index is -0.482. The van der Waals surface area contributed by atoms with Crippen LogP contribution in [0.15, 0.2) is 297 Å². The number of para-hydroxylation sites is 4. The molecule has 0 fully saturated rings. The number of benzene rings is 13. The first-order valence-electron chi connectivity index (χ1n) is 42.5. The third-order valence-electron chi connectivity index (χ3n) is 25.9. The van der Waals surface area contributed by atoms with Crippen molar-refractivity contribution in [1.82, 2.24) is 0 Å². The fourth-order valence-corrected chi connectivity index (χ4v) is 20.8. The summed E-state index contributed by atoms with van der Waals surface area (Å²) in [4.78, 5) is 15.8. The summed E-state index contributed by atoms with van der Waals surface area (Å²) in [5, 5.41) is 1.27. The first-order valence-corrected chi connectivity index (χ1v) is 43.4. The second-order valence-electron chi connectivity index (χ2n) is 40.3. The van der Waals surface area contributed by atoms with Crippen LogP contribution in [0, 0.1) is 0 Å². The van der Waals surface area contributed by atoms with E-state index in [9.17, 15) is 0 Å². The highest BCUT2D eigenvalue weighted by Crippen LogP contribution is 2.60. The molecule has 0 atom stereocenters. The van der Waals surface area contributed by atoms with E-state index in [1.807, 2.05) is 11.3 Å². The molecular formula is C109H108B2N6S. The molecule has 0 saturated carbocycles. The summed E-state index contributed by atoms with van der Waals surface area (Å²) in [5.74, 6) is 0. The minimum absolute atomic E-state index is 0.0685. The normalized spacial score (nSPS) is 14.7. The highest BCUT2D eigenvalue weighted by atomic mass is 32.1. The molecule has 1 aliphatic carbocycles. The highest BCUT2D eigenvalue weighted by molar-refractivity contribution is 7.33. The van der Waals surface area contributed by atoms with Gasteiger partial charge in [0.1, 0.15) is 0 Å². The number of hydrogen-bond acceptors (Lipinski definition) is 7. The van der Waals surface area contributed by atoms with E-state index >= 15 is 0 Å². The van der Waals surface area contributed by atoms with Gasteiger partial charge in [-0.05, 0) is 239 Å². The van der Waals surface area contributed by atoms with Crippen LogP contribution in [-0.4, -0.2) is 13.4 Å². The molecule has 5 heterocycles. The molecule has 14 aromatic rings. The number of fused-ring (bicyclic) bond motifs is 11. The predicted octanol–water partition coefficient (Wildman–Crippen LogP) is 27.5. The molecule has 0 unspecified atom stereocenters. The number of thiophene rings is 1. The van der Waals surface area contributed by atoms with Gasteiger partial charge >= 0.3 is 0 Å². The van der Waals surface area contributed by atoms with Crippen molar-refractivity contribution < 1.29 is 0 Å². The van der Waals surface area contributed by atoms with Gasteiger partial charge in [0.25, 0.3) is 6.71 Å². The van der Waals surface area contributed by atoms with E-state index in [-0.39, 0.29) is 45.9 Å². The standard InChI is InChI=1S/C109H108B2N6S/c1-103(2,3)69-41-51-79(52-42-69)114-90-68-91-89(67-88(90)110-97-92(114)63-83(112(75-33-25-21-26-34-75)76-35-27-22-28-36-76)65-94(97)116(81-55-45-71(46-56-81)105(7,8)9)99-85-61-73(107(13,14)15)49-59-87(85)109(19,20)101(99)110)111-98-93(115(91)80-53-43-70(44-54-80)104(4,5)6)64-84(113(77-37-29-23-30-38-77)78-39-31-24-32-40-78)66-95(98)117(82-57-47-72(48-58-82)106(10,11)12)100-86-62-74(108(16,17)18)50-60-96(86)118-102(100)111/h21-68H,1-20H3. The molecule has 5 aliphatic rings. The Morgan fingerprint density at radius 1 is 0.288 bits per heavy atom. The number of anilines is 17. The predicted molar refractivity (Wildman–Crippen MR) is 512 cm³/mol. The monoisotopic (exact) mass is 1550 g/mol. The van der Waals surface area contributed by atoms with Gasteiger partial charge in [-0.1, -0.05) is 290 Å². The molecule has 13 aromatic carbocycles. The molecule has 4 aliphatic heterocycles. The van der Waals surface area contributed by atoms with E-state index in [2.05, 4.69) is 459 Å². The smallest absolute Gasteiger partial charge is 0.264 e. The molecule has 6 nitrogen and oxygen atoms in total. The van der Waals surface area contributed by atoms with Crippen molar-refractivity contribution in [3.8, 4) is 0 Å². The van der Waals surface area contributed by atoms with E-state index in [0.29, 0.717) is 0 Å². The second kappa shape index (κ2) is 27.3. The molecule has 0 spiro atoms. The van der Waals surface area contributed by atoms with Gasteiger partial charge in [-0.2, -0.15) is 0 Å². The van der Waals surface area contributed by atoms with Gasteiger partial charge in [-0.25, -0.2) is 0 Å². The van der Waals surface area contributed by atoms with Gasteiger partial charge in [-0.3, -0.25) is 0 Å². The molecular weight excluding hydrogens is 1450 g/mol. The Bertz CT molecular complexity index is 6240. The lowest BCUT2D eigenvalue weighted by Gasteiger charge is -2.48. The molecule has 118 heavy (non-hydrogen) atoms. The van der Waals surface area contributed by atoms with E-state index in [1.165, 1.54) is 98.1 Å². The summed E-state index contributed by atoms with van der Waals surface area (Å²) >= 11 is 1.99. The minimum Gasteiger partial charge on any atom is -0.311 e. The number of allylic oxidation sites excluding steroid dienone is 1. The van der Waals surface area contributed by atoms with Crippen LogP contribution < -0.4 is 56.0 Å². The number of nitrogens with zero attached hydrogens (tertiary/aromatic N) is 6. The number of rotatable bonds is 10. The van der Waals surface area contributed by atoms with Crippen molar-refractivity contribution in [3.63, 3.8) is 0 Å². The second-order valence-corrected chi connectivity index (χ2v) is 41.4. The van der Waals surface area contributed by atoms with E-state index < -0.39 is 5.41 Å². The van der Waals surface area contributed by atoms with Crippen molar-refractivity contribution in [2.24, 2.45) is 0 Å². The van der Waals surface area contributed by atoms with Gasteiger partial charge < -0.3 is 29.4 Å². The third-order valence-corrected chi connectivity index (χ3v) is 27.1. The number of hydrogen-bond donors (Lipinski definition) is 0. The van der Waals surface area contributed by atoms with Crippen LogP contribution in [0.25, 0.3) is 15.8 Å². The lowest BCUT2D eigenvalue weighted by molar-refractivity contribution is 0.588. The Hall–Kier alpha value is -11.5. The van der Waals surface area contributed by atoms with Crippen molar-refractivity contribution in [1.29, 1.82) is 0 Å². The van der Waals surface area contributed by atoms with Gasteiger partial charge in [0, 0.05) is 111 Å². The zero-order valence-corrected chi connectivity index (χ0v) is 73.3. The molecule has 0 N–H and O–H groups in total. The average Bonchev–Trinajstić information content (AvgIpc) is 1.48. The quantitative estimate of drug-likeness (QED) is 0.126. The van der Waals surface area contributed by atoms with Crippen LogP contribution in [-0.2, 0) is 37.9 Å². The summed E-state index contributed by atoms with van der Waals surface area (Å²) in [6, 6.07) is 113. The molecule has 0 amide bonds. The molecule has 0 radical (unpaired) electrons. The van der Waals surface area contributed by atoms with Crippen LogP contribution in [0.5, 0.6) is 0 Å². The maximum absolute atomic E-state index is 2.77. The van der Waals surface area contributed by atoms with Crippen molar-refractivity contribution in [2.45, 2.75) is 176 Å². The van der Waals surface area contributed by atoms with Gasteiger partial charge in [-0.15, -0.1) is 11.3 Å². The zero-order chi connectivity index (χ0) is 82.4. The Labute approximate surface area is 706 Å². The van der Waals surface area contributed by atoms with Crippen molar-refractivity contribution in [2.75, 3.05) is 29.4 Å². The zero-order valence-electron chi connectivity index (χ0n) is 72.5. The average molecular weight is 1560 g/mol. The van der Waals surface area contributed by atoms with Crippen LogP contribution in [0.3, 0.4) is 0 Å². The third kappa shape index (κ3) is 12.6. The molecule has 9 heteroatoms. The summed E-state index contributed by atoms with van der Waals surface area (Å²) in [6.07, 6.45) is 0. The molecule has 19 rings (SSSR count). The van der Waals surface area contributed by atoms with Crippen LogP contribution in [0.1, 0.15) is 183 Å². The lowest BCUT2D eigenvalue weighted by Crippen LogP contribution is -2.63. The van der Waals surface area contributed by atoms with Crippen LogP contribution in [0.4, 0.5) is 96.7 Å². The molecule has 0 saturated heterocycles. The van der Waals surface area contributed by atoms with Gasteiger partial charge in [0.05, 0.1) is 17.1 Å². The van der Waals surface area contributed by atoms with Crippen molar-refractivity contribution in [3.05, 3.63) is 341 Å². The topological polar surface area (TPSA) is 19.4 Å². The Balaban J connectivity index is 1.00. The SMILES string of the molecule is CC(C)(C)c1ccc(N2C3=C(B4c5cc6c(cc5N(c5ccc(C(C)(C)C)cc5)c5cc(N(c7ccccc7)c7ccccc7)cc2c54)N(c2ccc(C(C)(C)C)cc2)c2cc(N(c4ccccc4)c4ccccc4)cc4c2B6c2sc5ccc(C(C)(C)C)cc5c2N4c2ccc(C(C)(C)C)cc2)C(C)(C)c2ccc(C(C)(C)C)cc23)cc1. The van der Waals surface area contributed by atoms with Crippen molar-refractivity contribution >= 4 is 164 Å². The first-order chi connectivity index (χ1) is 56.1. The molecule has 586 valence electrons. The van der Waals surface area contributed by atoms with E-state index in [0.717, 1.165) is 91.0 Å². The highest BCUT2D eigenvalue weighted by Gasteiger charge is 2.56. The van der Waals surface area contributed by atoms with Crippen LogP contribution in [0.2, 0.25) is 0 Å². The summed E-state index contributed by atoms with van der Waals surface area (Å²) in [7, 11) is 0. The fraction of sp³-hybridized carbons (Fsp3) is 0.248. The lowest BCUT2D eigenvalue weighted by atomic mass is 9.29. The molecule has 1 aromatic heterocycles. The summed E-state index contributed by atoms with van der Waals surface area (Å²) in [5.41, 5.74) is 36.2. The Kier molecular flexibility index (Phi) is 17.7. The first kappa shape index (κ1) is 76.5. The van der Waals surface area contributed by atoms with Gasteiger partial charge in [0.15, 0.2) is 0 Å². The molecule has 0 bridgehead atoms. The maximum atomic E-state index is 2.77. The maximum Gasteiger partial charge on any atom is 0.264 e. The van der Waals surface area contributed by atoms with Crippen LogP contribution >= 0.6 is 11.3 Å². The largest absolute Gasteiger partial charge is 0.311 e. The fourth-order valence-electron chi connectivity index (χ4n) is 19.5. The summed E-state index contributed by atoms with van der Waals surface area (Å²) < 4.78 is 2.61. The van der Waals surface area contributed by atoms with Gasteiger partial charge in [0.2, 0.25) is 6.71 Å². The Morgan fingerprint density at radius 2 is 0.610 bits per heavy atom. The summed E-state index contributed by atoms with van der Waals surface area (Å²) in [6.45, 7) is 46.8. The van der Waals surface area contributed by atoms with E-state index in [1.54, 1.807) is 0 Å². The Morgan fingerprint density at radius 3 is 1.00 bits per heavy atom. The van der Waals surface area contributed by atoms with E-state index in [4.69, 9.17) is 0 Å².